The average molecular weight is 376 g/mol. The second-order valence-electron chi connectivity index (χ2n) is 7.03. The van der Waals surface area contributed by atoms with Crippen LogP contribution in [-0.2, 0) is 11.2 Å². The predicted molar refractivity (Wildman–Crippen MR) is 109 cm³/mol. The van der Waals surface area contributed by atoms with Crippen LogP contribution in [0.2, 0.25) is 0 Å². The van der Waals surface area contributed by atoms with Crippen LogP contribution in [0.25, 0.3) is 0 Å². The largest absolute Gasteiger partial charge is 0.399 e. The molecule has 0 atom stereocenters. The molecule has 0 aliphatic heterocycles. The molecule has 2 aromatic carbocycles. The van der Waals surface area contributed by atoms with Crippen molar-refractivity contribution >= 4 is 35.6 Å². The van der Waals surface area contributed by atoms with E-state index >= 15 is 0 Å². The third-order valence-corrected chi connectivity index (χ3v) is 3.57. The van der Waals surface area contributed by atoms with Gasteiger partial charge in [-0.25, -0.2) is 0 Å². The third-order valence-electron chi connectivity index (χ3n) is 3.57. The number of nitrogen functional groups attached to an aromatic ring is 1. The second kappa shape index (κ2) is 9.25. The van der Waals surface area contributed by atoms with Gasteiger partial charge in [-0.15, -0.1) is 12.4 Å². The summed E-state index contributed by atoms with van der Waals surface area (Å²) in [6.45, 7) is 5.77. The highest BCUT2D eigenvalue weighted by Crippen LogP contribution is 2.15. The van der Waals surface area contributed by atoms with Crippen LogP contribution in [0.15, 0.2) is 48.5 Å². The number of anilines is 2. The third kappa shape index (κ3) is 6.76. The fraction of sp³-hybridized carbons (Fsp3) is 0.300. The normalized spacial score (nSPS) is 10.6. The summed E-state index contributed by atoms with van der Waals surface area (Å²) in [6, 6.07) is 14.4. The van der Waals surface area contributed by atoms with Gasteiger partial charge in [0.15, 0.2) is 0 Å². The highest BCUT2D eigenvalue weighted by atomic mass is 35.5. The minimum absolute atomic E-state index is 0. The molecule has 2 aromatic rings. The van der Waals surface area contributed by atoms with Gasteiger partial charge in [-0.3, -0.25) is 9.59 Å². The summed E-state index contributed by atoms with van der Waals surface area (Å²) in [5.74, 6) is -0.280. The topological polar surface area (TPSA) is 84.2 Å². The summed E-state index contributed by atoms with van der Waals surface area (Å²) in [4.78, 5) is 24.4. The van der Waals surface area contributed by atoms with Gasteiger partial charge in [-0.2, -0.15) is 0 Å². The summed E-state index contributed by atoms with van der Waals surface area (Å²) in [5.41, 5.74) is 8.34. The second-order valence-corrected chi connectivity index (χ2v) is 7.03. The molecule has 0 unspecified atom stereocenters. The molecule has 5 nitrogen and oxygen atoms in total. The molecule has 0 aliphatic carbocycles. The maximum Gasteiger partial charge on any atom is 0.251 e. The number of hydrogen-bond acceptors (Lipinski definition) is 3. The van der Waals surface area contributed by atoms with Crippen LogP contribution in [0, 0.1) is 0 Å². The van der Waals surface area contributed by atoms with Crippen molar-refractivity contribution in [3.05, 3.63) is 59.7 Å². The van der Waals surface area contributed by atoms with Crippen LogP contribution < -0.4 is 16.4 Å². The first-order valence-electron chi connectivity index (χ1n) is 8.30. The lowest BCUT2D eigenvalue weighted by Gasteiger charge is -2.20. The molecule has 0 aliphatic rings. The zero-order valence-corrected chi connectivity index (χ0v) is 16.2. The van der Waals surface area contributed by atoms with E-state index in [9.17, 15) is 9.59 Å². The molecule has 4 N–H and O–H groups in total. The van der Waals surface area contributed by atoms with Crippen LogP contribution in [-0.4, -0.2) is 17.4 Å². The van der Waals surface area contributed by atoms with Gasteiger partial charge in [0.1, 0.15) is 0 Å². The smallest absolute Gasteiger partial charge is 0.251 e. The quantitative estimate of drug-likeness (QED) is 0.695. The van der Waals surface area contributed by atoms with E-state index in [2.05, 4.69) is 10.6 Å². The lowest BCUT2D eigenvalue weighted by Crippen LogP contribution is -2.40. The Bertz CT molecular complexity index is 770. The Labute approximate surface area is 160 Å². The van der Waals surface area contributed by atoms with Crippen molar-refractivity contribution < 1.29 is 9.59 Å². The van der Waals surface area contributed by atoms with Gasteiger partial charge in [0, 0.05) is 28.9 Å². The molecule has 140 valence electrons. The summed E-state index contributed by atoms with van der Waals surface area (Å²) in [7, 11) is 0. The maximum absolute atomic E-state index is 12.2. The van der Waals surface area contributed by atoms with E-state index in [0.717, 1.165) is 5.56 Å². The van der Waals surface area contributed by atoms with Crippen LogP contribution in [0.1, 0.15) is 43.1 Å². The lowest BCUT2D eigenvalue weighted by molar-refractivity contribution is -0.116. The van der Waals surface area contributed by atoms with Gasteiger partial charge in [0.25, 0.3) is 5.91 Å². The summed E-state index contributed by atoms with van der Waals surface area (Å²) in [5, 5.41) is 5.73. The first-order chi connectivity index (χ1) is 11.7. The van der Waals surface area contributed by atoms with Crippen molar-refractivity contribution in [2.75, 3.05) is 11.1 Å². The van der Waals surface area contributed by atoms with Crippen LogP contribution in [0.5, 0.6) is 0 Å². The molecule has 26 heavy (non-hydrogen) atoms. The Kier molecular flexibility index (Phi) is 7.65. The Morgan fingerprint density at radius 2 is 1.73 bits per heavy atom. The van der Waals surface area contributed by atoms with Crippen molar-refractivity contribution in [2.45, 2.75) is 39.2 Å². The highest BCUT2D eigenvalue weighted by molar-refractivity contribution is 5.97. The van der Waals surface area contributed by atoms with E-state index in [4.69, 9.17) is 5.73 Å². The molecular weight excluding hydrogens is 350 g/mol. The maximum atomic E-state index is 12.2. The van der Waals surface area contributed by atoms with Gasteiger partial charge >= 0.3 is 0 Å². The number of nitrogens with two attached hydrogens (primary N) is 1. The van der Waals surface area contributed by atoms with Gasteiger partial charge in [0.05, 0.1) is 0 Å². The Morgan fingerprint density at radius 1 is 1.04 bits per heavy atom. The molecule has 0 saturated carbocycles. The average Bonchev–Trinajstić information content (AvgIpc) is 2.53. The van der Waals surface area contributed by atoms with E-state index in [0.29, 0.717) is 29.8 Å². The van der Waals surface area contributed by atoms with Crippen molar-refractivity contribution in [2.24, 2.45) is 0 Å². The Balaban J connectivity index is 0.00000338. The fourth-order valence-electron chi connectivity index (χ4n) is 2.38. The molecule has 2 amide bonds. The number of carbonyl (C=O) groups excluding carboxylic acids is 2. The van der Waals surface area contributed by atoms with E-state index in [-0.39, 0.29) is 29.8 Å². The number of nitrogens with one attached hydrogen (secondary N) is 2. The Morgan fingerprint density at radius 3 is 2.38 bits per heavy atom. The van der Waals surface area contributed by atoms with Gasteiger partial charge in [-0.05, 0) is 57.0 Å². The summed E-state index contributed by atoms with van der Waals surface area (Å²) >= 11 is 0. The first kappa shape index (κ1) is 21.5. The molecular formula is C20H26ClN3O2. The zero-order chi connectivity index (χ0) is 18.4. The summed E-state index contributed by atoms with van der Waals surface area (Å²) in [6.07, 6.45) is 0.898. The SMILES string of the molecule is CC(C)(C)NC(=O)c1cccc(NC(=O)CCc2ccccc2N)c1.Cl. The van der Waals surface area contributed by atoms with Crippen LogP contribution in [0.3, 0.4) is 0 Å². The van der Waals surface area contributed by atoms with E-state index in [1.54, 1.807) is 24.3 Å². The highest BCUT2D eigenvalue weighted by Gasteiger charge is 2.15. The molecule has 0 aromatic heterocycles. The molecule has 2 rings (SSSR count). The van der Waals surface area contributed by atoms with E-state index < -0.39 is 0 Å². The molecule has 0 spiro atoms. The Hall–Kier alpha value is -2.53. The standard InChI is InChI=1S/C20H25N3O2.ClH/c1-20(2,3)23-19(25)15-8-6-9-16(13-15)22-18(24)12-11-14-7-4-5-10-17(14)21;/h4-10,13H,11-12,21H2,1-3H3,(H,22,24)(H,23,25);1H. The minimum atomic E-state index is -0.314. The summed E-state index contributed by atoms with van der Waals surface area (Å²) < 4.78 is 0. The van der Waals surface area contributed by atoms with Gasteiger partial charge in [-0.1, -0.05) is 24.3 Å². The van der Waals surface area contributed by atoms with Gasteiger partial charge < -0.3 is 16.4 Å². The number of aryl methyl sites for hydroxylation is 1. The number of carbonyl (C=O) groups is 2. The minimum Gasteiger partial charge on any atom is -0.399 e. The lowest BCUT2D eigenvalue weighted by atomic mass is 10.1. The fourth-order valence-corrected chi connectivity index (χ4v) is 2.38. The van der Waals surface area contributed by atoms with Crippen molar-refractivity contribution in [3.63, 3.8) is 0 Å². The number of hydrogen-bond donors (Lipinski definition) is 3. The molecule has 0 heterocycles. The van der Waals surface area contributed by atoms with Gasteiger partial charge in [0.2, 0.25) is 5.91 Å². The monoisotopic (exact) mass is 375 g/mol. The van der Waals surface area contributed by atoms with Crippen molar-refractivity contribution in [1.82, 2.24) is 5.32 Å². The number of rotatable bonds is 5. The number of benzene rings is 2. The zero-order valence-electron chi connectivity index (χ0n) is 15.3. The molecule has 0 saturated heterocycles. The molecule has 0 radical (unpaired) electrons. The molecule has 6 heteroatoms. The number of amides is 2. The number of halogens is 1. The van der Waals surface area contributed by atoms with Crippen molar-refractivity contribution in [3.8, 4) is 0 Å². The molecule has 0 bridgehead atoms. The predicted octanol–water partition coefficient (Wildman–Crippen LogP) is 3.79. The van der Waals surface area contributed by atoms with E-state index in [1.807, 2.05) is 45.0 Å². The first-order valence-corrected chi connectivity index (χ1v) is 8.30. The van der Waals surface area contributed by atoms with Crippen LogP contribution >= 0.6 is 12.4 Å². The molecule has 0 fully saturated rings. The number of para-hydroxylation sites is 1. The van der Waals surface area contributed by atoms with Crippen molar-refractivity contribution in [1.29, 1.82) is 0 Å². The van der Waals surface area contributed by atoms with E-state index in [1.165, 1.54) is 0 Å². The van der Waals surface area contributed by atoms with Crippen LogP contribution in [0.4, 0.5) is 11.4 Å².